The highest BCUT2D eigenvalue weighted by Gasteiger charge is 2.16. The maximum atomic E-state index is 12.4. The van der Waals surface area contributed by atoms with E-state index in [-0.39, 0.29) is 24.3 Å². The number of benzene rings is 1. The van der Waals surface area contributed by atoms with Crippen molar-refractivity contribution in [2.45, 2.75) is 13.5 Å². The van der Waals surface area contributed by atoms with Gasteiger partial charge in [-0.1, -0.05) is 6.07 Å². The normalized spacial score (nSPS) is 10.8. The summed E-state index contributed by atoms with van der Waals surface area (Å²) in [4.78, 5) is 52.9. The van der Waals surface area contributed by atoms with Gasteiger partial charge in [-0.15, -0.1) is 0 Å². The molecule has 0 unspecified atom stereocenters. The van der Waals surface area contributed by atoms with Gasteiger partial charge in [-0.25, -0.2) is 9.78 Å². The second-order valence-electron chi connectivity index (χ2n) is 6.78. The van der Waals surface area contributed by atoms with Gasteiger partial charge in [-0.2, -0.15) is 0 Å². The second kappa shape index (κ2) is 8.23. The number of rotatable bonds is 6. The topological polar surface area (TPSA) is 129 Å². The fourth-order valence-corrected chi connectivity index (χ4v) is 3.02. The number of hydrogen-bond donors (Lipinski definition) is 2. The molecule has 0 aliphatic rings. The molecular formula is C19H22N6O5. The molecule has 0 saturated heterocycles. The van der Waals surface area contributed by atoms with Crippen LogP contribution in [0.25, 0.3) is 11.2 Å². The van der Waals surface area contributed by atoms with Gasteiger partial charge in [0, 0.05) is 14.1 Å². The van der Waals surface area contributed by atoms with Gasteiger partial charge >= 0.3 is 5.69 Å². The van der Waals surface area contributed by atoms with Crippen molar-refractivity contribution < 1.29 is 14.3 Å². The third kappa shape index (κ3) is 3.95. The van der Waals surface area contributed by atoms with Crippen LogP contribution in [0, 0.1) is 6.92 Å². The van der Waals surface area contributed by atoms with Crippen molar-refractivity contribution in [1.82, 2.24) is 24.0 Å². The maximum absolute atomic E-state index is 12.4. The predicted molar refractivity (Wildman–Crippen MR) is 110 cm³/mol. The summed E-state index contributed by atoms with van der Waals surface area (Å²) in [7, 11) is 4.34. The Balaban J connectivity index is 1.68. The Bertz CT molecular complexity index is 1250. The number of nitrogens with one attached hydrogen (secondary N) is 2. The summed E-state index contributed by atoms with van der Waals surface area (Å²) in [6, 6.07) is 5.35. The molecule has 3 rings (SSSR count). The van der Waals surface area contributed by atoms with E-state index in [0.717, 1.165) is 10.1 Å². The number of aromatic nitrogens is 4. The van der Waals surface area contributed by atoms with E-state index in [1.807, 2.05) is 13.0 Å². The molecule has 0 bridgehead atoms. The smallest absolute Gasteiger partial charge is 0.332 e. The van der Waals surface area contributed by atoms with E-state index in [2.05, 4.69) is 15.6 Å². The molecule has 0 aliphatic carbocycles. The average molecular weight is 414 g/mol. The summed E-state index contributed by atoms with van der Waals surface area (Å²) in [5, 5.41) is 5.19. The Labute approximate surface area is 170 Å². The average Bonchev–Trinajstić information content (AvgIpc) is 3.13. The van der Waals surface area contributed by atoms with Crippen LogP contribution in [0.2, 0.25) is 0 Å². The molecule has 0 radical (unpaired) electrons. The fraction of sp³-hybridized carbons (Fsp3) is 0.316. The zero-order chi connectivity index (χ0) is 22.0. The number of ether oxygens (including phenoxy) is 1. The zero-order valence-electron chi connectivity index (χ0n) is 17.1. The molecule has 2 N–H and O–H groups in total. The molecule has 30 heavy (non-hydrogen) atoms. The van der Waals surface area contributed by atoms with E-state index in [9.17, 15) is 19.2 Å². The Morgan fingerprint density at radius 1 is 1.13 bits per heavy atom. The van der Waals surface area contributed by atoms with E-state index in [1.165, 1.54) is 36.7 Å². The number of aryl methyl sites for hydroxylation is 2. The molecule has 11 nitrogen and oxygen atoms in total. The lowest BCUT2D eigenvalue weighted by atomic mass is 10.2. The van der Waals surface area contributed by atoms with Gasteiger partial charge in [-0.3, -0.25) is 23.5 Å². The first-order valence-electron chi connectivity index (χ1n) is 9.05. The van der Waals surface area contributed by atoms with Crippen LogP contribution in [0.1, 0.15) is 5.56 Å². The van der Waals surface area contributed by atoms with Crippen LogP contribution >= 0.6 is 0 Å². The van der Waals surface area contributed by atoms with Crippen LogP contribution in [0.15, 0.2) is 34.1 Å². The summed E-state index contributed by atoms with van der Waals surface area (Å²) < 4.78 is 8.73. The number of carbonyl (C=O) groups excluding carboxylic acids is 2. The SMILES string of the molecule is COc1ccc(C)cc1NC(=O)CNC(=O)Cn1cnc2c1c(=O)n(C)c(=O)n2C. The van der Waals surface area contributed by atoms with Crippen molar-refractivity contribution in [3.63, 3.8) is 0 Å². The quantitative estimate of drug-likeness (QED) is 0.560. The molecule has 0 atom stereocenters. The molecular weight excluding hydrogens is 392 g/mol. The molecule has 158 valence electrons. The molecule has 0 fully saturated rings. The maximum Gasteiger partial charge on any atom is 0.332 e. The first-order chi connectivity index (χ1) is 14.2. The van der Waals surface area contributed by atoms with Crippen molar-refractivity contribution in [3.05, 3.63) is 50.9 Å². The third-order valence-electron chi connectivity index (χ3n) is 4.61. The fourth-order valence-electron chi connectivity index (χ4n) is 3.02. The molecule has 2 heterocycles. The number of amides is 2. The van der Waals surface area contributed by atoms with Crippen molar-refractivity contribution >= 4 is 28.7 Å². The van der Waals surface area contributed by atoms with E-state index in [0.29, 0.717) is 11.4 Å². The molecule has 3 aromatic rings. The zero-order valence-corrected chi connectivity index (χ0v) is 17.1. The summed E-state index contributed by atoms with van der Waals surface area (Å²) in [6.07, 6.45) is 1.31. The number of nitrogens with zero attached hydrogens (tertiary/aromatic N) is 4. The first kappa shape index (κ1) is 20.8. The largest absolute Gasteiger partial charge is 0.495 e. The van der Waals surface area contributed by atoms with Crippen LogP contribution in [-0.2, 0) is 30.2 Å². The summed E-state index contributed by atoms with van der Waals surface area (Å²) in [5.74, 6) is -0.413. The second-order valence-corrected chi connectivity index (χ2v) is 6.78. The van der Waals surface area contributed by atoms with Crippen LogP contribution in [0.3, 0.4) is 0 Å². The minimum absolute atomic E-state index is 0.128. The molecule has 0 saturated carbocycles. The molecule has 2 aromatic heterocycles. The van der Waals surface area contributed by atoms with E-state index in [1.54, 1.807) is 12.1 Å². The Morgan fingerprint density at radius 3 is 2.57 bits per heavy atom. The highest BCUT2D eigenvalue weighted by atomic mass is 16.5. The third-order valence-corrected chi connectivity index (χ3v) is 4.61. The summed E-state index contributed by atoms with van der Waals surface area (Å²) in [6.45, 7) is 1.39. The number of carbonyl (C=O) groups is 2. The molecule has 1 aromatic carbocycles. The molecule has 0 spiro atoms. The number of imidazole rings is 1. The number of methoxy groups -OCH3 is 1. The van der Waals surface area contributed by atoms with Crippen LogP contribution in [0.5, 0.6) is 5.75 Å². The minimum atomic E-state index is -0.553. The Morgan fingerprint density at radius 2 is 1.87 bits per heavy atom. The van der Waals surface area contributed by atoms with Gasteiger partial charge in [0.25, 0.3) is 5.56 Å². The van der Waals surface area contributed by atoms with E-state index < -0.39 is 23.1 Å². The van der Waals surface area contributed by atoms with Gasteiger partial charge in [0.15, 0.2) is 11.2 Å². The summed E-state index contributed by atoms with van der Waals surface area (Å²) in [5.41, 5.74) is 0.692. The van der Waals surface area contributed by atoms with E-state index in [4.69, 9.17) is 4.74 Å². The highest BCUT2D eigenvalue weighted by Crippen LogP contribution is 2.24. The lowest BCUT2D eigenvalue weighted by Crippen LogP contribution is -2.38. The monoisotopic (exact) mass is 414 g/mol. The predicted octanol–water partition coefficient (Wildman–Crippen LogP) is -0.494. The van der Waals surface area contributed by atoms with Crippen molar-refractivity contribution in [3.8, 4) is 5.75 Å². The minimum Gasteiger partial charge on any atom is -0.495 e. The lowest BCUT2D eigenvalue weighted by Gasteiger charge is -2.12. The van der Waals surface area contributed by atoms with Gasteiger partial charge in [0.05, 0.1) is 25.7 Å². The van der Waals surface area contributed by atoms with Gasteiger partial charge in [-0.05, 0) is 24.6 Å². The first-order valence-corrected chi connectivity index (χ1v) is 9.05. The molecule has 0 aliphatic heterocycles. The number of hydrogen-bond acceptors (Lipinski definition) is 6. The van der Waals surface area contributed by atoms with Crippen LogP contribution < -0.4 is 26.6 Å². The molecule has 11 heteroatoms. The van der Waals surface area contributed by atoms with Gasteiger partial charge < -0.3 is 19.9 Å². The Hall–Kier alpha value is -3.89. The summed E-state index contributed by atoms with van der Waals surface area (Å²) >= 11 is 0. The highest BCUT2D eigenvalue weighted by molar-refractivity contribution is 5.95. The van der Waals surface area contributed by atoms with Crippen LogP contribution in [-0.4, -0.2) is 44.2 Å². The van der Waals surface area contributed by atoms with Crippen molar-refractivity contribution in [2.24, 2.45) is 14.1 Å². The Kier molecular flexibility index (Phi) is 5.72. The van der Waals surface area contributed by atoms with Gasteiger partial charge in [0.1, 0.15) is 12.3 Å². The number of anilines is 1. The van der Waals surface area contributed by atoms with Crippen molar-refractivity contribution in [2.75, 3.05) is 19.0 Å². The molecule has 2 amide bonds. The van der Waals surface area contributed by atoms with Crippen molar-refractivity contribution in [1.29, 1.82) is 0 Å². The van der Waals surface area contributed by atoms with E-state index >= 15 is 0 Å². The number of fused-ring (bicyclic) bond motifs is 1. The van der Waals surface area contributed by atoms with Crippen LogP contribution in [0.4, 0.5) is 5.69 Å². The standard InChI is InChI=1S/C19H22N6O5/c1-11-5-6-13(30-4)12(7-11)22-14(26)8-20-15(27)9-25-10-21-17-16(25)18(28)24(3)19(29)23(17)2/h5-7,10H,8-9H2,1-4H3,(H,20,27)(H,22,26). The lowest BCUT2D eigenvalue weighted by molar-refractivity contribution is -0.124. The van der Waals surface area contributed by atoms with Gasteiger partial charge in [0.2, 0.25) is 11.8 Å².